The SMILES string of the molecule is CC(NC(=O)C(CO)NC(=O)CNC(=O)CN)C(=O)NC(CCC(=O)O)C(=O)N1CCCC1C(=O)O. The lowest BCUT2D eigenvalue weighted by Gasteiger charge is -2.28. The van der Waals surface area contributed by atoms with E-state index in [1.54, 1.807) is 0 Å². The third-order valence-corrected chi connectivity index (χ3v) is 5.30. The number of aliphatic carboxylic acids is 2. The number of carbonyl (C=O) groups is 7. The molecule has 0 aromatic rings. The molecule has 0 aromatic carbocycles. The molecule has 202 valence electrons. The van der Waals surface area contributed by atoms with Crippen molar-refractivity contribution in [1.29, 1.82) is 0 Å². The standard InChI is InChI=1S/C20H32N6O10/c1-10(23-18(33)12(9-27)24-15(29)8-22-14(28)7-21)17(32)25-11(4-5-16(30)31)19(34)26-6-2-3-13(26)20(35)36/h10-13,27H,2-9,21H2,1H3,(H,22,28)(H,23,33)(H,24,29)(H,25,32)(H,30,31)(H,35,36). The Labute approximate surface area is 205 Å². The molecule has 16 heteroatoms. The van der Waals surface area contributed by atoms with Crippen molar-refractivity contribution in [1.82, 2.24) is 26.2 Å². The molecule has 36 heavy (non-hydrogen) atoms. The third kappa shape index (κ3) is 9.46. The number of aliphatic hydroxyl groups excluding tert-OH is 1. The van der Waals surface area contributed by atoms with Gasteiger partial charge in [-0.3, -0.25) is 28.8 Å². The van der Waals surface area contributed by atoms with Crippen molar-refractivity contribution in [2.75, 3.05) is 26.2 Å². The number of nitrogens with zero attached hydrogens (tertiary/aromatic N) is 1. The fourth-order valence-electron chi connectivity index (χ4n) is 3.38. The molecular formula is C20H32N6O10. The van der Waals surface area contributed by atoms with Crippen LogP contribution in [0.4, 0.5) is 0 Å². The number of carboxylic acid groups (broad SMARTS) is 2. The molecule has 0 radical (unpaired) electrons. The quantitative estimate of drug-likeness (QED) is 0.109. The number of hydrogen-bond donors (Lipinski definition) is 8. The minimum Gasteiger partial charge on any atom is -0.481 e. The van der Waals surface area contributed by atoms with Gasteiger partial charge in [-0.05, 0) is 26.2 Å². The summed E-state index contributed by atoms with van der Waals surface area (Å²) in [5, 5.41) is 36.6. The molecule has 16 nitrogen and oxygen atoms in total. The molecule has 1 aliphatic rings. The van der Waals surface area contributed by atoms with E-state index in [2.05, 4.69) is 21.3 Å². The lowest BCUT2D eigenvalue weighted by atomic mass is 10.1. The maximum absolute atomic E-state index is 12.9. The zero-order chi connectivity index (χ0) is 27.4. The second-order valence-corrected chi connectivity index (χ2v) is 8.04. The van der Waals surface area contributed by atoms with Crippen LogP contribution in [-0.4, -0.2) is 112 Å². The van der Waals surface area contributed by atoms with E-state index in [0.29, 0.717) is 6.42 Å². The Morgan fingerprint density at radius 2 is 1.64 bits per heavy atom. The highest BCUT2D eigenvalue weighted by atomic mass is 16.4. The Hall–Kier alpha value is -3.79. The number of rotatable bonds is 14. The second-order valence-electron chi connectivity index (χ2n) is 8.04. The number of nitrogens with two attached hydrogens (primary N) is 1. The number of aliphatic hydroxyl groups is 1. The number of carboxylic acids is 2. The molecule has 0 spiro atoms. The van der Waals surface area contributed by atoms with Crippen molar-refractivity contribution in [2.45, 2.75) is 56.8 Å². The average Bonchev–Trinajstić information content (AvgIpc) is 3.33. The van der Waals surface area contributed by atoms with Gasteiger partial charge in [0.1, 0.15) is 24.2 Å². The van der Waals surface area contributed by atoms with Gasteiger partial charge in [0.05, 0.1) is 19.7 Å². The smallest absolute Gasteiger partial charge is 0.326 e. The van der Waals surface area contributed by atoms with Gasteiger partial charge in [-0.25, -0.2) is 4.79 Å². The Morgan fingerprint density at radius 3 is 2.19 bits per heavy atom. The van der Waals surface area contributed by atoms with Crippen molar-refractivity contribution < 1.29 is 48.9 Å². The summed E-state index contributed by atoms with van der Waals surface area (Å²) in [5.41, 5.74) is 5.09. The van der Waals surface area contributed by atoms with Gasteiger partial charge in [-0.1, -0.05) is 0 Å². The van der Waals surface area contributed by atoms with Gasteiger partial charge < -0.3 is 47.2 Å². The number of amides is 5. The average molecular weight is 517 g/mol. The van der Waals surface area contributed by atoms with Crippen molar-refractivity contribution in [3.63, 3.8) is 0 Å². The molecule has 1 aliphatic heterocycles. The molecule has 1 saturated heterocycles. The first-order chi connectivity index (χ1) is 16.9. The van der Waals surface area contributed by atoms with Crippen LogP contribution in [-0.2, 0) is 33.6 Å². The maximum atomic E-state index is 12.9. The summed E-state index contributed by atoms with van der Waals surface area (Å²) in [5.74, 6) is -6.45. The minimum absolute atomic E-state index is 0.130. The van der Waals surface area contributed by atoms with Crippen LogP contribution in [0.25, 0.3) is 0 Å². The van der Waals surface area contributed by atoms with Crippen molar-refractivity contribution in [2.24, 2.45) is 5.73 Å². The van der Waals surface area contributed by atoms with E-state index in [0.717, 1.165) is 4.90 Å². The summed E-state index contributed by atoms with van der Waals surface area (Å²) in [6.45, 7) is -0.307. The van der Waals surface area contributed by atoms with E-state index in [-0.39, 0.29) is 25.9 Å². The van der Waals surface area contributed by atoms with Crippen LogP contribution >= 0.6 is 0 Å². The van der Waals surface area contributed by atoms with E-state index in [1.807, 2.05) is 0 Å². The molecule has 0 saturated carbocycles. The molecule has 0 bridgehead atoms. The highest BCUT2D eigenvalue weighted by Crippen LogP contribution is 2.19. The second kappa shape index (κ2) is 14.6. The summed E-state index contributed by atoms with van der Waals surface area (Å²) in [6, 6.07) is -5.20. The first-order valence-electron chi connectivity index (χ1n) is 11.1. The predicted molar refractivity (Wildman–Crippen MR) is 120 cm³/mol. The summed E-state index contributed by atoms with van der Waals surface area (Å²) in [6.07, 6.45) is -0.147. The summed E-state index contributed by atoms with van der Waals surface area (Å²) >= 11 is 0. The summed E-state index contributed by atoms with van der Waals surface area (Å²) in [7, 11) is 0. The zero-order valence-electron chi connectivity index (χ0n) is 19.7. The Balaban J connectivity index is 2.79. The predicted octanol–water partition coefficient (Wildman–Crippen LogP) is -4.53. The number of likely N-dealkylation sites (tertiary alicyclic amines) is 1. The van der Waals surface area contributed by atoms with Crippen molar-refractivity contribution in [3.05, 3.63) is 0 Å². The van der Waals surface area contributed by atoms with Crippen LogP contribution in [0, 0.1) is 0 Å². The number of hydrogen-bond acceptors (Lipinski definition) is 9. The van der Waals surface area contributed by atoms with Crippen molar-refractivity contribution in [3.8, 4) is 0 Å². The van der Waals surface area contributed by atoms with E-state index in [4.69, 9.17) is 10.8 Å². The lowest BCUT2D eigenvalue weighted by Crippen LogP contribution is -2.58. The molecule has 9 N–H and O–H groups in total. The fourth-order valence-corrected chi connectivity index (χ4v) is 3.38. The van der Waals surface area contributed by atoms with Crippen LogP contribution in [0.5, 0.6) is 0 Å². The van der Waals surface area contributed by atoms with Crippen LogP contribution in [0.3, 0.4) is 0 Å². The lowest BCUT2D eigenvalue weighted by molar-refractivity contribution is -0.150. The third-order valence-electron chi connectivity index (χ3n) is 5.30. The molecule has 0 aliphatic carbocycles. The Kier molecular flexibility index (Phi) is 12.2. The first-order valence-corrected chi connectivity index (χ1v) is 11.1. The van der Waals surface area contributed by atoms with Gasteiger partial charge in [0.25, 0.3) is 0 Å². The van der Waals surface area contributed by atoms with E-state index >= 15 is 0 Å². The van der Waals surface area contributed by atoms with E-state index < -0.39 is 85.2 Å². The van der Waals surface area contributed by atoms with Crippen LogP contribution in [0.1, 0.15) is 32.6 Å². The normalized spacial score (nSPS) is 17.3. The van der Waals surface area contributed by atoms with Crippen molar-refractivity contribution >= 4 is 41.5 Å². The largest absolute Gasteiger partial charge is 0.481 e. The van der Waals surface area contributed by atoms with Gasteiger partial charge in [0.15, 0.2) is 0 Å². The zero-order valence-corrected chi connectivity index (χ0v) is 19.7. The van der Waals surface area contributed by atoms with Crippen LogP contribution < -0.4 is 27.0 Å². The fraction of sp³-hybridized carbons (Fsp3) is 0.650. The molecular weight excluding hydrogens is 484 g/mol. The Bertz CT molecular complexity index is 866. The molecule has 4 unspecified atom stereocenters. The van der Waals surface area contributed by atoms with E-state index in [1.165, 1.54) is 6.92 Å². The highest BCUT2D eigenvalue weighted by molar-refractivity contribution is 5.95. The monoisotopic (exact) mass is 516 g/mol. The molecule has 4 atom stereocenters. The summed E-state index contributed by atoms with van der Waals surface area (Å²) in [4.78, 5) is 84.4. The topological polar surface area (TPSA) is 258 Å². The molecule has 1 fully saturated rings. The molecule has 5 amide bonds. The maximum Gasteiger partial charge on any atom is 0.326 e. The van der Waals surface area contributed by atoms with Gasteiger partial charge in [-0.15, -0.1) is 0 Å². The first kappa shape index (κ1) is 30.2. The number of carbonyl (C=O) groups excluding carboxylic acids is 5. The Morgan fingerprint density at radius 1 is 0.972 bits per heavy atom. The van der Waals surface area contributed by atoms with Gasteiger partial charge in [-0.2, -0.15) is 0 Å². The number of nitrogens with one attached hydrogen (secondary N) is 4. The summed E-state index contributed by atoms with van der Waals surface area (Å²) < 4.78 is 0. The van der Waals surface area contributed by atoms with E-state index in [9.17, 15) is 43.8 Å². The molecule has 0 aromatic heterocycles. The minimum atomic E-state index is -1.46. The van der Waals surface area contributed by atoms with Crippen LogP contribution in [0.2, 0.25) is 0 Å². The molecule has 1 heterocycles. The van der Waals surface area contributed by atoms with Crippen LogP contribution in [0.15, 0.2) is 0 Å². The van der Waals surface area contributed by atoms with Gasteiger partial charge in [0, 0.05) is 13.0 Å². The van der Waals surface area contributed by atoms with Gasteiger partial charge >= 0.3 is 11.9 Å². The van der Waals surface area contributed by atoms with Gasteiger partial charge in [0.2, 0.25) is 29.5 Å². The highest BCUT2D eigenvalue weighted by Gasteiger charge is 2.38. The molecule has 1 rings (SSSR count).